The Labute approximate surface area is 303 Å². The van der Waals surface area contributed by atoms with E-state index in [0.29, 0.717) is 40.0 Å². The third kappa shape index (κ3) is 10.2. The van der Waals surface area contributed by atoms with E-state index in [1.807, 2.05) is 43.0 Å². The highest BCUT2D eigenvalue weighted by Gasteiger charge is 2.17. The minimum absolute atomic E-state index is 0.00620. The lowest BCUT2D eigenvalue weighted by molar-refractivity contribution is 0.100. The van der Waals surface area contributed by atoms with Crippen molar-refractivity contribution in [3.63, 3.8) is 0 Å². The van der Waals surface area contributed by atoms with E-state index in [0.717, 1.165) is 58.6 Å². The molecule has 5 rings (SSSR count). The van der Waals surface area contributed by atoms with E-state index in [2.05, 4.69) is 32.7 Å². The number of aromatic hydroxyl groups is 1. The van der Waals surface area contributed by atoms with Gasteiger partial charge in [-0.05, 0) is 79.6 Å². The molecule has 0 spiro atoms. The molecule has 51 heavy (non-hydrogen) atoms. The molecule has 11 heteroatoms. The number of aromatic nitrogens is 2. The van der Waals surface area contributed by atoms with Gasteiger partial charge in [-0.3, -0.25) is 14.6 Å². The van der Waals surface area contributed by atoms with Crippen molar-refractivity contribution in [2.75, 3.05) is 31.3 Å². The number of ether oxygens (including phenoxy) is 1. The first kappa shape index (κ1) is 37.7. The van der Waals surface area contributed by atoms with E-state index in [1.165, 1.54) is 50.7 Å². The standard InChI is InChI=1S/C40H49N5O5S/c1-26-21-29(23-32-37(26)43-24-33(40(41)49)38(32)44-27-13-12-14-28(22-27)50-2)51-20-11-9-7-5-3-4-6-8-10-19-42-25-35(47)30-15-17-34(46)39-31(30)16-18-36(48)45-39/h12-18,21-24,35,42,46-47H,3-11,19-20,25H2,1-2H3,(H2,41,49)(H,43,44)(H,45,48). The number of carbonyl (C=O) groups excluding carboxylic acids is 1. The highest BCUT2D eigenvalue weighted by atomic mass is 32.2. The minimum Gasteiger partial charge on any atom is -0.506 e. The number of aromatic amines is 1. The summed E-state index contributed by atoms with van der Waals surface area (Å²) in [6.45, 7) is 3.29. The van der Waals surface area contributed by atoms with Gasteiger partial charge in [-0.15, -0.1) is 11.8 Å². The fourth-order valence-corrected chi connectivity index (χ4v) is 7.42. The predicted octanol–water partition coefficient (Wildman–Crippen LogP) is 7.87. The number of nitrogens with one attached hydrogen (secondary N) is 3. The van der Waals surface area contributed by atoms with Crippen LogP contribution in [-0.2, 0) is 0 Å². The number of amides is 1. The number of nitrogens with two attached hydrogens (primary N) is 1. The Morgan fingerprint density at radius 3 is 2.45 bits per heavy atom. The van der Waals surface area contributed by atoms with Gasteiger partial charge in [0.1, 0.15) is 11.5 Å². The molecule has 1 amide bonds. The number of aryl methyl sites for hydroxylation is 1. The Morgan fingerprint density at radius 2 is 1.71 bits per heavy atom. The molecule has 3 aromatic carbocycles. The van der Waals surface area contributed by atoms with E-state index in [4.69, 9.17) is 10.5 Å². The van der Waals surface area contributed by atoms with Gasteiger partial charge in [-0.1, -0.05) is 57.1 Å². The molecule has 0 aliphatic heterocycles. The average molecular weight is 712 g/mol. The number of unbranched alkanes of at least 4 members (excludes halogenated alkanes) is 8. The molecule has 7 N–H and O–H groups in total. The number of fused-ring (bicyclic) bond motifs is 2. The lowest BCUT2D eigenvalue weighted by Crippen LogP contribution is -2.22. The number of nitrogens with zero attached hydrogens (tertiary/aromatic N) is 1. The number of hydrogen-bond acceptors (Lipinski definition) is 9. The zero-order valence-corrected chi connectivity index (χ0v) is 30.3. The number of anilines is 2. The van der Waals surface area contributed by atoms with Crippen LogP contribution in [0.4, 0.5) is 11.4 Å². The van der Waals surface area contributed by atoms with Crippen LogP contribution in [0.25, 0.3) is 21.8 Å². The van der Waals surface area contributed by atoms with Crippen molar-refractivity contribution < 1.29 is 19.7 Å². The third-order valence-electron chi connectivity index (χ3n) is 9.11. The van der Waals surface area contributed by atoms with Crippen LogP contribution in [-0.4, -0.2) is 52.0 Å². The fourth-order valence-electron chi connectivity index (χ4n) is 6.37. The number of benzene rings is 3. The largest absolute Gasteiger partial charge is 0.506 e. The summed E-state index contributed by atoms with van der Waals surface area (Å²) in [5.74, 6) is 1.20. The van der Waals surface area contributed by atoms with Crippen LogP contribution in [0.15, 0.2) is 76.6 Å². The molecule has 0 aliphatic carbocycles. The molecule has 1 unspecified atom stereocenters. The molecule has 0 bridgehead atoms. The molecule has 0 radical (unpaired) electrons. The molecule has 10 nitrogen and oxygen atoms in total. The number of rotatable bonds is 20. The molecule has 270 valence electrons. The van der Waals surface area contributed by atoms with E-state index in [1.54, 1.807) is 25.4 Å². The Bertz CT molecular complexity index is 2000. The minimum atomic E-state index is -0.733. The van der Waals surface area contributed by atoms with Gasteiger partial charge >= 0.3 is 0 Å². The van der Waals surface area contributed by atoms with Gasteiger partial charge in [0.05, 0.1) is 35.5 Å². The van der Waals surface area contributed by atoms with E-state index >= 15 is 0 Å². The van der Waals surface area contributed by atoms with Crippen molar-refractivity contribution in [3.05, 3.63) is 93.9 Å². The summed E-state index contributed by atoms with van der Waals surface area (Å²) in [5, 5.41) is 29.0. The van der Waals surface area contributed by atoms with Crippen LogP contribution in [0, 0.1) is 6.92 Å². The Kier molecular flexibility index (Phi) is 13.7. The van der Waals surface area contributed by atoms with Gasteiger partial charge in [0.2, 0.25) is 5.56 Å². The highest BCUT2D eigenvalue weighted by molar-refractivity contribution is 7.99. The Balaban J connectivity index is 0.973. The smallest absolute Gasteiger partial charge is 0.252 e. The number of H-pyrrole nitrogens is 1. The maximum atomic E-state index is 12.4. The van der Waals surface area contributed by atoms with Gasteiger partial charge in [-0.2, -0.15) is 0 Å². The zero-order valence-electron chi connectivity index (χ0n) is 29.5. The number of phenols is 1. The summed E-state index contributed by atoms with van der Waals surface area (Å²) in [5.41, 5.74) is 10.2. The average Bonchev–Trinajstić information content (AvgIpc) is 3.12. The van der Waals surface area contributed by atoms with Crippen molar-refractivity contribution in [2.45, 2.75) is 75.7 Å². The number of hydrogen-bond donors (Lipinski definition) is 6. The van der Waals surface area contributed by atoms with Crippen molar-refractivity contribution in [1.82, 2.24) is 15.3 Å². The summed E-state index contributed by atoms with van der Waals surface area (Å²) in [7, 11) is 1.62. The zero-order chi connectivity index (χ0) is 36.2. The van der Waals surface area contributed by atoms with Crippen LogP contribution in [0.3, 0.4) is 0 Å². The number of aliphatic hydroxyl groups excluding tert-OH is 1. The highest BCUT2D eigenvalue weighted by Crippen LogP contribution is 2.35. The first-order valence-corrected chi connectivity index (χ1v) is 18.7. The van der Waals surface area contributed by atoms with Crippen LogP contribution in [0.1, 0.15) is 85.4 Å². The lowest BCUT2D eigenvalue weighted by atomic mass is 10.0. The Hall–Kier alpha value is -4.58. The summed E-state index contributed by atoms with van der Waals surface area (Å²) < 4.78 is 5.37. The first-order valence-electron chi connectivity index (χ1n) is 17.8. The number of carbonyl (C=O) groups is 1. The second kappa shape index (κ2) is 18.6. The topological polar surface area (TPSA) is 163 Å². The number of thioether (sulfide) groups is 1. The fraction of sp³-hybridized carbons (Fsp3) is 0.375. The number of methoxy groups -OCH3 is 1. The van der Waals surface area contributed by atoms with Gasteiger partial charge in [0.15, 0.2) is 0 Å². The summed E-state index contributed by atoms with van der Waals surface area (Å²) >= 11 is 1.83. The SMILES string of the molecule is COc1cccc(Nc2c(C(N)=O)cnc3c(C)cc(SCCCCCCCCCCCNCC(O)c4ccc(O)c5[nH]c(=O)ccc45)cc23)c1. The van der Waals surface area contributed by atoms with Crippen molar-refractivity contribution in [2.24, 2.45) is 5.73 Å². The number of phenolic OH excluding ortho intramolecular Hbond substituents is 1. The maximum Gasteiger partial charge on any atom is 0.252 e. The van der Waals surface area contributed by atoms with Gasteiger partial charge in [0.25, 0.3) is 5.91 Å². The second-order valence-corrected chi connectivity index (χ2v) is 14.1. The molecule has 0 saturated heterocycles. The van der Waals surface area contributed by atoms with Crippen molar-refractivity contribution >= 4 is 50.8 Å². The molecule has 0 aliphatic rings. The molecule has 0 saturated carbocycles. The molecule has 2 aromatic heterocycles. The summed E-state index contributed by atoms with van der Waals surface area (Å²) in [6, 6.07) is 18.1. The Morgan fingerprint density at radius 1 is 0.961 bits per heavy atom. The molecular formula is C40H49N5O5S. The van der Waals surface area contributed by atoms with E-state index in [-0.39, 0.29) is 11.3 Å². The molecule has 2 heterocycles. The van der Waals surface area contributed by atoms with Crippen molar-refractivity contribution in [1.29, 1.82) is 0 Å². The van der Waals surface area contributed by atoms with Crippen LogP contribution < -0.4 is 26.7 Å². The molecule has 5 aromatic rings. The van der Waals surface area contributed by atoms with Crippen LogP contribution >= 0.6 is 11.8 Å². The number of pyridine rings is 2. The van der Waals surface area contributed by atoms with Gasteiger partial charge in [0, 0.05) is 46.2 Å². The molecule has 1 atom stereocenters. The lowest BCUT2D eigenvalue weighted by Gasteiger charge is -2.16. The predicted molar refractivity (Wildman–Crippen MR) is 208 cm³/mol. The van der Waals surface area contributed by atoms with Gasteiger partial charge < -0.3 is 36.3 Å². The van der Waals surface area contributed by atoms with E-state index in [9.17, 15) is 19.8 Å². The van der Waals surface area contributed by atoms with E-state index < -0.39 is 12.0 Å². The molecular weight excluding hydrogens is 663 g/mol. The van der Waals surface area contributed by atoms with Gasteiger partial charge in [-0.25, -0.2) is 0 Å². The monoisotopic (exact) mass is 711 g/mol. The second-order valence-electron chi connectivity index (χ2n) is 12.9. The normalized spacial score (nSPS) is 12.0. The maximum absolute atomic E-state index is 12.4. The quantitative estimate of drug-likeness (QED) is 0.0348. The third-order valence-corrected chi connectivity index (χ3v) is 10.2. The van der Waals surface area contributed by atoms with Crippen LogP contribution in [0.2, 0.25) is 0 Å². The first-order chi connectivity index (χ1) is 24.7. The summed E-state index contributed by atoms with van der Waals surface area (Å²) in [4.78, 5) is 32.3. The van der Waals surface area contributed by atoms with Crippen molar-refractivity contribution in [3.8, 4) is 11.5 Å². The molecule has 0 fully saturated rings. The summed E-state index contributed by atoms with van der Waals surface area (Å²) in [6.07, 6.45) is 11.5. The number of aliphatic hydroxyl groups is 1. The number of primary amides is 1. The van der Waals surface area contributed by atoms with Crippen LogP contribution in [0.5, 0.6) is 11.5 Å².